The van der Waals surface area contributed by atoms with Crippen LogP contribution in [0.1, 0.15) is 30.6 Å². The van der Waals surface area contributed by atoms with Gasteiger partial charge in [-0.15, -0.1) is 0 Å². The average molecular weight is 278 g/mol. The van der Waals surface area contributed by atoms with Gasteiger partial charge in [-0.3, -0.25) is 0 Å². The first-order valence-corrected chi connectivity index (χ1v) is 6.68. The third-order valence-electron chi connectivity index (χ3n) is 4.28. The Morgan fingerprint density at radius 3 is 2.65 bits per heavy atom. The molecular weight excluding hydrogens is 256 g/mol. The number of hydrogen-bond donors (Lipinski definition) is 2. The predicted molar refractivity (Wildman–Crippen MR) is 78.8 cm³/mol. The Kier molecular flexibility index (Phi) is 3.90. The van der Waals surface area contributed by atoms with Crippen LogP contribution in [-0.4, -0.2) is 32.3 Å². The van der Waals surface area contributed by atoms with Gasteiger partial charge in [-0.05, 0) is 18.6 Å². The molecule has 1 saturated carbocycles. The molecule has 2 rings (SSSR count). The Labute approximate surface area is 119 Å². The highest BCUT2D eigenvalue weighted by Gasteiger charge is 2.48. The first-order valence-electron chi connectivity index (χ1n) is 6.68. The Balaban J connectivity index is 2.24. The van der Waals surface area contributed by atoms with Crippen LogP contribution in [0.5, 0.6) is 0 Å². The fourth-order valence-corrected chi connectivity index (χ4v) is 2.72. The lowest BCUT2D eigenvalue weighted by molar-refractivity contribution is -0.0794. The third-order valence-corrected chi connectivity index (χ3v) is 4.28. The molecule has 2 unspecified atom stereocenters. The van der Waals surface area contributed by atoms with Gasteiger partial charge in [-0.2, -0.15) is 0 Å². The zero-order valence-electron chi connectivity index (χ0n) is 12.4. The van der Waals surface area contributed by atoms with E-state index < -0.39 is 0 Å². The van der Waals surface area contributed by atoms with Crippen LogP contribution in [0, 0.1) is 5.41 Å². The van der Waals surface area contributed by atoms with E-state index in [1.807, 2.05) is 0 Å². The van der Waals surface area contributed by atoms with Gasteiger partial charge in [-0.1, -0.05) is 19.9 Å². The minimum Gasteiger partial charge on any atom is -0.465 e. The normalized spacial score (nSPS) is 23.8. The van der Waals surface area contributed by atoms with Crippen LogP contribution in [0.4, 0.5) is 11.4 Å². The number of esters is 1. The molecule has 5 heteroatoms. The maximum absolute atomic E-state index is 11.8. The first-order chi connectivity index (χ1) is 9.41. The van der Waals surface area contributed by atoms with Crippen LogP contribution in [0.2, 0.25) is 0 Å². The van der Waals surface area contributed by atoms with Gasteiger partial charge in [-0.25, -0.2) is 4.79 Å². The number of ether oxygens (including phenoxy) is 2. The number of para-hydroxylation sites is 1. The monoisotopic (exact) mass is 278 g/mol. The highest BCUT2D eigenvalue weighted by Crippen LogP contribution is 2.45. The largest absolute Gasteiger partial charge is 0.465 e. The van der Waals surface area contributed by atoms with Crippen LogP contribution in [-0.2, 0) is 9.47 Å². The number of carbonyl (C=O) groups is 1. The van der Waals surface area contributed by atoms with E-state index >= 15 is 0 Å². The molecule has 0 radical (unpaired) electrons. The standard InChI is InChI=1S/C15H22N2O3/c1-15(2)11(8-12(15)19-3)17-13-9(14(18)20-4)6-5-7-10(13)16/h5-7,11-12,17H,8,16H2,1-4H3. The Bertz CT molecular complexity index is 514. The molecule has 0 spiro atoms. The van der Waals surface area contributed by atoms with Gasteiger partial charge in [0.05, 0.1) is 30.2 Å². The lowest BCUT2D eigenvalue weighted by Crippen LogP contribution is -2.57. The van der Waals surface area contributed by atoms with Crippen LogP contribution in [0.15, 0.2) is 18.2 Å². The van der Waals surface area contributed by atoms with Crippen molar-refractivity contribution in [1.29, 1.82) is 0 Å². The van der Waals surface area contributed by atoms with Crippen molar-refractivity contribution < 1.29 is 14.3 Å². The Morgan fingerprint density at radius 1 is 1.40 bits per heavy atom. The molecular formula is C15H22N2O3. The lowest BCUT2D eigenvalue weighted by atomic mass is 9.64. The van der Waals surface area contributed by atoms with Crippen molar-refractivity contribution in [2.75, 3.05) is 25.3 Å². The second kappa shape index (κ2) is 5.32. The second-order valence-electron chi connectivity index (χ2n) is 5.74. The van der Waals surface area contributed by atoms with E-state index in [2.05, 4.69) is 19.2 Å². The molecule has 1 fully saturated rings. The highest BCUT2D eigenvalue weighted by molar-refractivity contribution is 5.98. The van der Waals surface area contributed by atoms with Crippen molar-refractivity contribution in [2.45, 2.75) is 32.4 Å². The van der Waals surface area contributed by atoms with E-state index in [4.69, 9.17) is 15.2 Å². The molecule has 1 aliphatic rings. The molecule has 0 aromatic heterocycles. The van der Waals surface area contributed by atoms with E-state index in [1.54, 1.807) is 25.3 Å². The summed E-state index contributed by atoms with van der Waals surface area (Å²) in [5.41, 5.74) is 7.64. The summed E-state index contributed by atoms with van der Waals surface area (Å²) in [6, 6.07) is 5.44. The average Bonchev–Trinajstić information content (AvgIpc) is 2.43. The Morgan fingerprint density at radius 2 is 2.10 bits per heavy atom. The van der Waals surface area contributed by atoms with Crippen molar-refractivity contribution in [2.24, 2.45) is 5.41 Å². The molecule has 2 atom stereocenters. The second-order valence-corrected chi connectivity index (χ2v) is 5.74. The van der Waals surface area contributed by atoms with E-state index in [1.165, 1.54) is 7.11 Å². The molecule has 1 aliphatic carbocycles. The van der Waals surface area contributed by atoms with Crippen molar-refractivity contribution in [3.05, 3.63) is 23.8 Å². The SMILES string of the molecule is COC(=O)c1cccc(N)c1NC1CC(OC)C1(C)C. The first kappa shape index (κ1) is 14.7. The summed E-state index contributed by atoms with van der Waals surface area (Å²) in [7, 11) is 3.09. The van der Waals surface area contributed by atoms with Crippen LogP contribution in [0.3, 0.4) is 0 Å². The predicted octanol–water partition coefficient (Wildman–Crippen LogP) is 2.28. The summed E-state index contributed by atoms with van der Waals surface area (Å²) in [4.78, 5) is 11.8. The number of nitrogens with one attached hydrogen (secondary N) is 1. The molecule has 20 heavy (non-hydrogen) atoms. The molecule has 0 heterocycles. The number of nitrogens with two attached hydrogens (primary N) is 1. The number of hydrogen-bond acceptors (Lipinski definition) is 5. The van der Waals surface area contributed by atoms with Crippen molar-refractivity contribution in [3.8, 4) is 0 Å². The van der Waals surface area contributed by atoms with E-state index in [0.717, 1.165) is 6.42 Å². The topological polar surface area (TPSA) is 73.6 Å². The van der Waals surface area contributed by atoms with Crippen LogP contribution < -0.4 is 11.1 Å². The lowest BCUT2D eigenvalue weighted by Gasteiger charge is -2.51. The minimum absolute atomic E-state index is 0.00950. The van der Waals surface area contributed by atoms with E-state index in [9.17, 15) is 4.79 Å². The summed E-state index contributed by atoms with van der Waals surface area (Å²) in [5, 5.41) is 3.38. The summed E-state index contributed by atoms with van der Waals surface area (Å²) < 4.78 is 10.2. The minimum atomic E-state index is -0.389. The number of methoxy groups -OCH3 is 2. The smallest absolute Gasteiger partial charge is 0.340 e. The van der Waals surface area contributed by atoms with Gasteiger partial charge in [0.15, 0.2) is 0 Å². The summed E-state index contributed by atoms with van der Waals surface area (Å²) >= 11 is 0. The third kappa shape index (κ3) is 2.33. The van der Waals surface area contributed by atoms with Gasteiger partial charge < -0.3 is 20.5 Å². The molecule has 0 aliphatic heterocycles. The van der Waals surface area contributed by atoms with E-state index in [-0.39, 0.29) is 23.5 Å². The number of anilines is 2. The van der Waals surface area contributed by atoms with Gasteiger partial charge >= 0.3 is 5.97 Å². The number of nitrogen functional groups attached to an aromatic ring is 1. The van der Waals surface area contributed by atoms with Crippen molar-refractivity contribution in [3.63, 3.8) is 0 Å². The summed E-state index contributed by atoms with van der Waals surface area (Å²) in [6.45, 7) is 4.28. The van der Waals surface area contributed by atoms with E-state index in [0.29, 0.717) is 16.9 Å². The molecule has 5 nitrogen and oxygen atoms in total. The fourth-order valence-electron chi connectivity index (χ4n) is 2.72. The fraction of sp³-hybridized carbons (Fsp3) is 0.533. The maximum atomic E-state index is 11.8. The molecule has 0 saturated heterocycles. The molecule has 1 aromatic carbocycles. The van der Waals surface area contributed by atoms with Gasteiger partial charge in [0.1, 0.15) is 0 Å². The number of rotatable bonds is 4. The van der Waals surface area contributed by atoms with Crippen molar-refractivity contribution >= 4 is 17.3 Å². The maximum Gasteiger partial charge on any atom is 0.340 e. The summed E-state index contributed by atoms with van der Waals surface area (Å²) in [5.74, 6) is -0.389. The highest BCUT2D eigenvalue weighted by atomic mass is 16.5. The van der Waals surface area contributed by atoms with Gasteiger partial charge in [0, 0.05) is 18.6 Å². The van der Waals surface area contributed by atoms with Gasteiger partial charge in [0.2, 0.25) is 0 Å². The van der Waals surface area contributed by atoms with Gasteiger partial charge in [0.25, 0.3) is 0 Å². The quantitative estimate of drug-likeness (QED) is 0.653. The molecule has 0 bridgehead atoms. The number of benzene rings is 1. The molecule has 110 valence electrons. The van der Waals surface area contributed by atoms with Crippen LogP contribution >= 0.6 is 0 Å². The summed E-state index contributed by atoms with van der Waals surface area (Å²) in [6.07, 6.45) is 1.10. The zero-order valence-corrected chi connectivity index (χ0v) is 12.4. The van der Waals surface area contributed by atoms with Crippen LogP contribution in [0.25, 0.3) is 0 Å². The van der Waals surface area contributed by atoms with Crippen molar-refractivity contribution in [1.82, 2.24) is 0 Å². The molecule has 0 amide bonds. The Hall–Kier alpha value is -1.75. The molecule has 3 N–H and O–H groups in total. The number of carbonyl (C=O) groups excluding carboxylic acids is 1. The zero-order chi connectivity index (χ0) is 14.9. The molecule has 1 aromatic rings.